The minimum absolute atomic E-state index is 0.148. The number of nitrogens with one attached hydrogen (secondary N) is 2. The van der Waals surface area contributed by atoms with Crippen molar-refractivity contribution in [1.82, 2.24) is 15.0 Å². The van der Waals surface area contributed by atoms with Gasteiger partial charge in [-0.2, -0.15) is 48.2 Å². The number of halogens is 2. The fourth-order valence-corrected chi connectivity index (χ4v) is 7.76. The summed E-state index contributed by atoms with van der Waals surface area (Å²) >= 11 is 5.97. The number of nitrogens with two attached hydrogens (primary N) is 1. The van der Waals surface area contributed by atoms with Gasteiger partial charge < -0.3 is 10.8 Å². The Morgan fingerprint density at radius 3 is 1.82 bits per heavy atom. The standard InChI is InChI=1S/C31H22ClFN10O13S4/c32-15-2-1-3-17(12-15)35-30-37-29(33)38-31(39-30)36-18-6-9-21(58(48,49)50)20(13-18)41-43-27-23(60(54,55)56)11-14-10-22(59(51,52)53)26(25(34)24(14)28(27)44)42-40-16-4-7-19(8-5-16)57(45,46)47/h1-13,44H,34H2,(H,45,46,47)(H,48,49,50)(H,51,52,53)(H,54,55,56)(H2,35,36,37,38,39). The highest BCUT2D eigenvalue weighted by molar-refractivity contribution is 7.86. The molecule has 0 aliphatic carbocycles. The second-order valence-corrected chi connectivity index (χ2v) is 17.8. The molecular weight excluding hydrogens is 903 g/mol. The van der Waals surface area contributed by atoms with Gasteiger partial charge in [-0.3, -0.25) is 28.2 Å². The minimum atomic E-state index is -5.43. The van der Waals surface area contributed by atoms with Crippen LogP contribution in [0.15, 0.2) is 129 Å². The molecule has 0 aliphatic heterocycles. The van der Waals surface area contributed by atoms with E-state index in [0.29, 0.717) is 17.2 Å². The Morgan fingerprint density at radius 1 is 0.633 bits per heavy atom. The van der Waals surface area contributed by atoms with Crippen molar-refractivity contribution < 1.29 is 61.4 Å². The summed E-state index contributed by atoms with van der Waals surface area (Å²) in [6, 6.07) is 13.9. The number of aromatic hydroxyl groups is 1. The van der Waals surface area contributed by atoms with E-state index in [-0.39, 0.29) is 28.3 Å². The van der Waals surface area contributed by atoms with Gasteiger partial charge in [0.15, 0.2) is 5.75 Å². The van der Waals surface area contributed by atoms with E-state index in [9.17, 15) is 61.4 Å². The molecule has 6 aromatic rings. The number of nitrogen functional groups attached to an aromatic ring is 1. The Balaban J connectivity index is 1.52. The molecule has 0 aliphatic rings. The van der Waals surface area contributed by atoms with E-state index in [2.05, 4.69) is 45.4 Å². The van der Waals surface area contributed by atoms with Crippen LogP contribution in [0, 0.1) is 6.08 Å². The van der Waals surface area contributed by atoms with Gasteiger partial charge in [-0.15, -0.1) is 15.3 Å². The summed E-state index contributed by atoms with van der Waals surface area (Å²) < 4.78 is 151. The Kier molecular flexibility index (Phi) is 11.5. The first-order valence-electron chi connectivity index (χ1n) is 15.7. The van der Waals surface area contributed by atoms with Crippen molar-refractivity contribution in [2.75, 3.05) is 5.73 Å². The highest BCUT2D eigenvalue weighted by Gasteiger charge is 2.28. The minimum Gasteiger partial charge on any atom is -0.505 e. The van der Waals surface area contributed by atoms with Crippen molar-refractivity contribution in [3.8, 4) is 5.75 Å². The average Bonchev–Trinajstić information content (AvgIpc) is 3.12. The van der Waals surface area contributed by atoms with Crippen molar-refractivity contribution in [2.24, 2.45) is 30.4 Å². The molecule has 0 bridgehead atoms. The molecule has 0 fully saturated rings. The smallest absolute Gasteiger partial charge is 0.296 e. The number of aromatic amines is 2. The second-order valence-electron chi connectivity index (χ2n) is 11.8. The lowest BCUT2D eigenvalue weighted by molar-refractivity contribution is 0.472. The quantitative estimate of drug-likeness (QED) is 0.0494. The van der Waals surface area contributed by atoms with Crippen LogP contribution in [0.4, 0.5) is 44.2 Å². The van der Waals surface area contributed by atoms with Crippen LogP contribution in [0.3, 0.4) is 0 Å². The zero-order valence-corrected chi connectivity index (χ0v) is 33.1. The number of H-pyrrole nitrogens is 2. The van der Waals surface area contributed by atoms with Gasteiger partial charge in [-0.1, -0.05) is 17.7 Å². The number of phenolic OH excluding ortho intramolecular Hbond substituents is 1. The molecule has 0 saturated carbocycles. The third-order valence-corrected chi connectivity index (χ3v) is 11.4. The molecule has 60 heavy (non-hydrogen) atoms. The third-order valence-electron chi connectivity index (χ3n) is 7.69. The largest absolute Gasteiger partial charge is 0.505 e. The molecule has 0 unspecified atom stereocenters. The molecule has 29 heteroatoms. The van der Waals surface area contributed by atoms with Crippen LogP contribution in [0.2, 0.25) is 5.02 Å². The van der Waals surface area contributed by atoms with Crippen LogP contribution in [-0.2, 0) is 40.5 Å². The first-order chi connectivity index (χ1) is 27.9. The van der Waals surface area contributed by atoms with E-state index < -0.39 is 105 Å². The maximum Gasteiger partial charge on any atom is 0.296 e. The van der Waals surface area contributed by atoms with E-state index in [1.807, 2.05) is 0 Å². The molecule has 1 aromatic heterocycles. The zero-order valence-electron chi connectivity index (χ0n) is 29.1. The lowest BCUT2D eigenvalue weighted by Gasteiger charge is -2.14. The molecule has 5 aromatic carbocycles. The summed E-state index contributed by atoms with van der Waals surface area (Å²) in [7, 11) is -20.4. The summed E-state index contributed by atoms with van der Waals surface area (Å²) in [5, 5.41) is 25.3. The van der Waals surface area contributed by atoms with Crippen molar-refractivity contribution >= 4 is 103 Å². The van der Waals surface area contributed by atoms with Crippen molar-refractivity contribution in [3.05, 3.63) is 101 Å². The number of benzene rings is 5. The molecule has 23 nitrogen and oxygen atoms in total. The molecular formula is C31H22ClFN10O13S4. The van der Waals surface area contributed by atoms with Crippen LogP contribution < -0.4 is 17.0 Å². The Hall–Kier alpha value is -6.37. The van der Waals surface area contributed by atoms with Crippen LogP contribution in [0.1, 0.15) is 0 Å². The average molecular weight is 925 g/mol. The zero-order chi connectivity index (χ0) is 43.9. The van der Waals surface area contributed by atoms with E-state index in [4.69, 9.17) is 17.3 Å². The maximum absolute atomic E-state index is 14.4. The molecule has 9 N–H and O–H groups in total. The van der Waals surface area contributed by atoms with E-state index in [0.717, 1.165) is 42.5 Å². The number of fused-ring (bicyclic) bond motifs is 1. The Bertz CT molecular complexity index is 3440. The lowest BCUT2D eigenvalue weighted by atomic mass is 10.1. The molecule has 0 spiro atoms. The van der Waals surface area contributed by atoms with E-state index in [1.54, 1.807) is 12.1 Å². The molecule has 0 atom stereocenters. The van der Waals surface area contributed by atoms with Gasteiger partial charge in [0, 0.05) is 5.02 Å². The van der Waals surface area contributed by atoms with Crippen LogP contribution in [-0.4, -0.2) is 71.9 Å². The highest BCUT2D eigenvalue weighted by Crippen LogP contribution is 2.48. The van der Waals surface area contributed by atoms with Crippen molar-refractivity contribution in [2.45, 2.75) is 19.6 Å². The number of azo groups is 2. The summed E-state index contributed by atoms with van der Waals surface area (Å²) in [4.78, 5) is 12.7. The predicted octanol–water partition coefficient (Wildman–Crippen LogP) is 5.25. The number of rotatable bonds is 10. The van der Waals surface area contributed by atoms with Gasteiger partial charge in [0.25, 0.3) is 46.6 Å². The number of anilines is 1. The fraction of sp³-hybridized carbons (Fsp3) is 0. The molecule has 0 amide bonds. The van der Waals surface area contributed by atoms with Gasteiger partial charge in [0.2, 0.25) is 11.2 Å². The monoisotopic (exact) mass is 924 g/mol. The number of hydrogen-bond acceptors (Lipinski definition) is 17. The number of phenols is 1. The SMILES string of the molecule is Nc1c(N=Nc2ccc(S(=O)(=O)O)cc2)c(S(=O)(=O)O)cc2cc(S(=O)(=O)O)c(N=Nc3cc(N=c4[nH]c(F)nc(=Nc5cccc(Cl)c5)[nH]4)ccc3S(=O)(=O)O)c(O)c12. The van der Waals surface area contributed by atoms with Crippen LogP contribution in [0.25, 0.3) is 10.8 Å². The topological polar surface area (TPSA) is 382 Å². The van der Waals surface area contributed by atoms with Gasteiger partial charge in [-0.25, -0.2) is 9.98 Å². The van der Waals surface area contributed by atoms with Crippen molar-refractivity contribution in [3.63, 3.8) is 0 Å². The Morgan fingerprint density at radius 2 is 1.22 bits per heavy atom. The Labute approximate surface area is 340 Å². The molecule has 0 saturated heterocycles. The molecule has 0 radical (unpaired) electrons. The predicted molar refractivity (Wildman–Crippen MR) is 205 cm³/mol. The van der Waals surface area contributed by atoms with Gasteiger partial charge in [0.05, 0.1) is 33.0 Å². The van der Waals surface area contributed by atoms with Gasteiger partial charge in [0.1, 0.15) is 31.7 Å². The second kappa shape index (κ2) is 16.0. The number of aromatic nitrogens is 3. The summed E-state index contributed by atoms with van der Waals surface area (Å²) in [5.41, 5.74) is 1.88. The maximum atomic E-state index is 14.4. The highest BCUT2D eigenvalue weighted by atomic mass is 35.5. The van der Waals surface area contributed by atoms with Gasteiger partial charge >= 0.3 is 0 Å². The third kappa shape index (κ3) is 9.73. The summed E-state index contributed by atoms with van der Waals surface area (Å²) in [6.07, 6.45) is -1.17. The van der Waals surface area contributed by atoms with Crippen LogP contribution >= 0.6 is 11.6 Å². The fourth-order valence-electron chi connectivity index (χ4n) is 5.16. The summed E-state index contributed by atoms with van der Waals surface area (Å²) in [6.45, 7) is 0. The summed E-state index contributed by atoms with van der Waals surface area (Å²) in [5.74, 6) is -1.24. The first kappa shape index (κ1) is 43.2. The first-order valence-corrected chi connectivity index (χ1v) is 21.8. The molecule has 312 valence electrons. The van der Waals surface area contributed by atoms with E-state index >= 15 is 0 Å². The van der Waals surface area contributed by atoms with Gasteiger partial charge in [-0.05, 0) is 78.2 Å². The molecule has 1 heterocycles. The number of nitrogens with zero attached hydrogens (tertiary/aromatic N) is 7. The molecule has 6 rings (SSSR count). The van der Waals surface area contributed by atoms with Crippen molar-refractivity contribution in [1.29, 1.82) is 0 Å². The van der Waals surface area contributed by atoms with E-state index in [1.165, 1.54) is 12.1 Å². The lowest BCUT2D eigenvalue weighted by Crippen LogP contribution is -2.28. The normalized spacial score (nSPS) is 13.6. The van der Waals surface area contributed by atoms with Crippen LogP contribution in [0.5, 0.6) is 5.75 Å². The number of hydrogen-bond donors (Lipinski definition) is 8.